The number of aromatic nitrogens is 1. The van der Waals surface area contributed by atoms with Gasteiger partial charge in [-0.15, -0.1) is 0 Å². The fourth-order valence-electron chi connectivity index (χ4n) is 1.76. The van der Waals surface area contributed by atoms with Gasteiger partial charge in [-0.25, -0.2) is 8.42 Å². The van der Waals surface area contributed by atoms with E-state index in [-0.39, 0.29) is 11.8 Å². The fourth-order valence-corrected chi connectivity index (χ4v) is 3.13. The predicted molar refractivity (Wildman–Crippen MR) is 77.4 cm³/mol. The van der Waals surface area contributed by atoms with E-state index < -0.39 is 9.84 Å². The van der Waals surface area contributed by atoms with Crippen LogP contribution in [0.2, 0.25) is 0 Å². The largest absolute Gasteiger partial charge is 0.313 e. The van der Waals surface area contributed by atoms with Crippen LogP contribution in [-0.2, 0) is 16.3 Å². The third-order valence-corrected chi connectivity index (χ3v) is 3.87. The maximum absolute atomic E-state index is 11.4. The minimum absolute atomic E-state index is 0.0592. The maximum atomic E-state index is 11.4. The van der Waals surface area contributed by atoms with Gasteiger partial charge in [0.05, 0.1) is 5.75 Å². The molecule has 0 spiro atoms. The number of halogens is 1. The van der Waals surface area contributed by atoms with E-state index >= 15 is 0 Å². The number of rotatable bonds is 7. The van der Waals surface area contributed by atoms with Gasteiger partial charge in [0, 0.05) is 29.2 Å². The van der Waals surface area contributed by atoms with E-state index in [0.717, 1.165) is 23.0 Å². The van der Waals surface area contributed by atoms with Crippen LogP contribution in [0.25, 0.3) is 0 Å². The van der Waals surface area contributed by atoms with Gasteiger partial charge in [0.1, 0.15) is 9.84 Å². The highest BCUT2D eigenvalue weighted by atomic mass is 79.9. The van der Waals surface area contributed by atoms with Crippen molar-refractivity contribution in [3.63, 3.8) is 0 Å². The molecular weight excluding hydrogens is 316 g/mol. The summed E-state index contributed by atoms with van der Waals surface area (Å²) in [6.45, 7) is 2.88. The number of hydrogen-bond acceptors (Lipinski definition) is 4. The molecule has 0 bridgehead atoms. The molecule has 1 unspecified atom stereocenters. The van der Waals surface area contributed by atoms with Crippen molar-refractivity contribution in [1.29, 1.82) is 0 Å². The Kier molecular flexibility index (Phi) is 6.25. The first kappa shape index (κ1) is 15.6. The average molecular weight is 335 g/mol. The lowest BCUT2D eigenvalue weighted by molar-refractivity contribution is 0.529. The van der Waals surface area contributed by atoms with Crippen molar-refractivity contribution in [2.75, 3.05) is 18.6 Å². The van der Waals surface area contributed by atoms with Crippen molar-refractivity contribution in [2.45, 2.75) is 25.8 Å². The van der Waals surface area contributed by atoms with Crippen LogP contribution in [-0.4, -0.2) is 38.0 Å². The van der Waals surface area contributed by atoms with Gasteiger partial charge in [0.15, 0.2) is 0 Å². The van der Waals surface area contributed by atoms with Gasteiger partial charge >= 0.3 is 0 Å². The van der Waals surface area contributed by atoms with Crippen LogP contribution in [0.3, 0.4) is 0 Å². The summed E-state index contributed by atoms with van der Waals surface area (Å²) in [5.74, 6) is 0.152. The molecule has 0 aliphatic rings. The predicted octanol–water partition coefficient (Wildman–Crippen LogP) is 1.80. The first-order valence-corrected chi connectivity index (χ1v) is 8.76. The SMILES string of the molecule is CCCNC(Cc1cncc(Br)c1)CS(C)(=O)=O. The molecule has 0 saturated carbocycles. The van der Waals surface area contributed by atoms with E-state index in [0.29, 0.717) is 6.42 Å². The Morgan fingerprint density at radius 1 is 1.44 bits per heavy atom. The van der Waals surface area contributed by atoms with E-state index in [2.05, 4.69) is 33.2 Å². The molecule has 1 atom stereocenters. The van der Waals surface area contributed by atoms with Crippen LogP contribution in [0.5, 0.6) is 0 Å². The minimum atomic E-state index is -2.98. The molecule has 18 heavy (non-hydrogen) atoms. The van der Waals surface area contributed by atoms with Crippen molar-refractivity contribution in [3.8, 4) is 0 Å². The molecule has 0 radical (unpaired) electrons. The maximum Gasteiger partial charge on any atom is 0.148 e. The van der Waals surface area contributed by atoms with Crippen LogP contribution < -0.4 is 5.32 Å². The summed E-state index contributed by atoms with van der Waals surface area (Å²) < 4.78 is 23.7. The van der Waals surface area contributed by atoms with Crippen LogP contribution in [0.4, 0.5) is 0 Å². The summed E-state index contributed by atoms with van der Waals surface area (Å²) in [5.41, 5.74) is 1.03. The second-order valence-electron chi connectivity index (χ2n) is 4.46. The molecule has 6 heteroatoms. The lowest BCUT2D eigenvalue weighted by Crippen LogP contribution is -2.37. The Bertz CT molecular complexity index is 477. The summed E-state index contributed by atoms with van der Waals surface area (Å²) in [6.07, 6.45) is 6.41. The summed E-state index contributed by atoms with van der Waals surface area (Å²) in [6, 6.07) is 1.91. The molecule has 0 aromatic carbocycles. The highest BCUT2D eigenvalue weighted by molar-refractivity contribution is 9.10. The summed E-state index contributed by atoms with van der Waals surface area (Å²) in [4.78, 5) is 4.09. The van der Waals surface area contributed by atoms with Gasteiger partial charge in [0.2, 0.25) is 0 Å². The Morgan fingerprint density at radius 3 is 2.72 bits per heavy atom. The Morgan fingerprint density at radius 2 is 2.17 bits per heavy atom. The number of nitrogens with one attached hydrogen (secondary N) is 1. The zero-order valence-electron chi connectivity index (χ0n) is 10.7. The van der Waals surface area contributed by atoms with Crippen LogP contribution in [0, 0.1) is 0 Å². The van der Waals surface area contributed by atoms with Gasteiger partial charge in [-0.2, -0.15) is 0 Å². The Balaban J connectivity index is 2.71. The molecular formula is C12H19BrN2O2S. The van der Waals surface area contributed by atoms with Crippen molar-refractivity contribution < 1.29 is 8.42 Å². The highest BCUT2D eigenvalue weighted by Gasteiger charge is 2.15. The number of pyridine rings is 1. The molecule has 102 valence electrons. The fraction of sp³-hybridized carbons (Fsp3) is 0.583. The van der Waals surface area contributed by atoms with Gasteiger partial charge in [-0.3, -0.25) is 4.98 Å². The quantitative estimate of drug-likeness (QED) is 0.825. The summed E-state index contributed by atoms with van der Waals surface area (Å²) in [7, 11) is -2.98. The lowest BCUT2D eigenvalue weighted by Gasteiger charge is -2.17. The topological polar surface area (TPSA) is 59.1 Å². The standard InChI is InChI=1S/C12H19BrN2O2S/c1-3-4-15-12(9-18(2,16)17)6-10-5-11(13)8-14-7-10/h5,7-8,12,15H,3-4,6,9H2,1-2H3. The van der Waals surface area contributed by atoms with Gasteiger partial charge in [-0.1, -0.05) is 6.92 Å². The second kappa shape index (κ2) is 7.21. The van der Waals surface area contributed by atoms with Gasteiger partial charge < -0.3 is 5.32 Å². The molecule has 1 N–H and O–H groups in total. The van der Waals surface area contributed by atoms with E-state index in [1.54, 1.807) is 12.4 Å². The van der Waals surface area contributed by atoms with E-state index in [9.17, 15) is 8.42 Å². The molecule has 4 nitrogen and oxygen atoms in total. The minimum Gasteiger partial charge on any atom is -0.313 e. The van der Waals surface area contributed by atoms with Crippen LogP contribution >= 0.6 is 15.9 Å². The Hall–Kier alpha value is -0.460. The van der Waals surface area contributed by atoms with E-state index in [1.165, 1.54) is 6.26 Å². The highest BCUT2D eigenvalue weighted by Crippen LogP contribution is 2.11. The molecule has 0 saturated heterocycles. The first-order valence-electron chi connectivity index (χ1n) is 5.91. The first-order chi connectivity index (χ1) is 8.40. The van der Waals surface area contributed by atoms with Crippen molar-refractivity contribution >= 4 is 25.8 Å². The van der Waals surface area contributed by atoms with Gasteiger partial charge in [0.25, 0.3) is 0 Å². The van der Waals surface area contributed by atoms with Gasteiger partial charge in [-0.05, 0) is 46.9 Å². The molecule has 0 fully saturated rings. The molecule has 1 aromatic heterocycles. The smallest absolute Gasteiger partial charge is 0.148 e. The normalized spacial score (nSPS) is 13.5. The molecule has 1 heterocycles. The number of sulfone groups is 1. The molecule has 1 rings (SSSR count). The molecule has 0 aliphatic carbocycles. The zero-order valence-corrected chi connectivity index (χ0v) is 13.1. The molecule has 0 amide bonds. The van der Waals surface area contributed by atoms with Crippen molar-refractivity contribution in [3.05, 3.63) is 28.5 Å². The molecule has 0 aliphatic heterocycles. The zero-order chi connectivity index (χ0) is 13.6. The average Bonchev–Trinajstić information content (AvgIpc) is 2.24. The third-order valence-electron chi connectivity index (χ3n) is 2.43. The Labute approximate surface area is 117 Å². The monoisotopic (exact) mass is 334 g/mol. The summed E-state index contributed by atoms with van der Waals surface area (Å²) >= 11 is 3.36. The second-order valence-corrected chi connectivity index (χ2v) is 7.56. The van der Waals surface area contributed by atoms with Crippen molar-refractivity contribution in [2.24, 2.45) is 0 Å². The van der Waals surface area contributed by atoms with Crippen molar-refractivity contribution in [1.82, 2.24) is 10.3 Å². The lowest BCUT2D eigenvalue weighted by atomic mass is 10.1. The third kappa shape index (κ3) is 6.47. The molecule has 1 aromatic rings. The number of nitrogens with zero attached hydrogens (tertiary/aromatic N) is 1. The van der Waals surface area contributed by atoms with Crippen LogP contribution in [0.15, 0.2) is 22.9 Å². The van der Waals surface area contributed by atoms with Crippen LogP contribution in [0.1, 0.15) is 18.9 Å². The summed E-state index contributed by atoms with van der Waals surface area (Å²) in [5, 5.41) is 3.27. The van der Waals surface area contributed by atoms with E-state index in [1.807, 2.05) is 6.07 Å². The van der Waals surface area contributed by atoms with E-state index in [4.69, 9.17) is 0 Å². The number of hydrogen-bond donors (Lipinski definition) is 1.